The molecule has 0 saturated heterocycles. The molecule has 0 amide bonds. The average molecular weight is 232 g/mol. The topological polar surface area (TPSA) is 58.2 Å². The van der Waals surface area contributed by atoms with Crippen LogP contribution < -0.4 is 10.0 Å². The lowest BCUT2D eigenvalue weighted by Gasteiger charge is -2.14. The predicted octanol–water partition coefficient (Wildman–Crippen LogP) is 0.456. The van der Waals surface area contributed by atoms with Gasteiger partial charge in [0.2, 0.25) is 10.0 Å². The molecule has 2 rings (SSSR count). The second-order valence-electron chi connectivity index (χ2n) is 4.83. The van der Waals surface area contributed by atoms with E-state index in [4.69, 9.17) is 0 Å². The first-order valence-electron chi connectivity index (χ1n) is 5.80. The Morgan fingerprint density at radius 2 is 1.93 bits per heavy atom. The number of sulfonamides is 1. The number of rotatable bonds is 7. The summed E-state index contributed by atoms with van der Waals surface area (Å²) < 4.78 is 26.2. The van der Waals surface area contributed by atoms with Crippen LogP contribution in [0.4, 0.5) is 0 Å². The Morgan fingerprint density at radius 1 is 1.27 bits per heavy atom. The van der Waals surface area contributed by atoms with Gasteiger partial charge in [0.15, 0.2) is 0 Å². The highest BCUT2D eigenvalue weighted by Gasteiger charge is 2.28. The van der Waals surface area contributed by atoms with Gasteiger partial charge >= 0.3 is 0 Å². The fraction of sp³-hybridized carbons (Fsp3) is 1.00. The van der Waals surface area contributed by atoms with Crippen molar-refractivity contribution in [2.45, 2.75) is 43.9 Å². The molecule has 4 nitrogen and oxygen atoms in total. The highest BCUT2D eigenvalue weighted by atomic mass is 32.2. The van der Waals surface area contributed by atoms with Crippen LogP contribution >= 0.6 is 0 Å². The molecule has 15 heavy (non-hydrogen) atoms. The first-order chi connectivity index (χ1) is 7.08. The van der Waals surface area contributed by atoms with Crippen molar-refractivity contribution in [1.82, 2.24) is 10.0 Å². The molecule has 0 bridgehead atoms. The monoisotopic (exact) mass is 232 g/mol. The Kier molecular flexibility index (Phi) is 3.33. The van der Waals surface area contributed by atoms with Gasteiger partial charge in [0.25, 0.3) is 0 Å². The van der Waals surface area contributed by atoms with E-state index in [9.17, 15) is 8.42 Å². The van der Waals surface area contributed by atoms with E-state index in [1.807, 2.05) is 0 Å². The van der Waals surface area contributed by atoms with E-state index in [0.717, 1.165) is 0 Å². The summed E-state index contributed by atoms with van der Waals surface area (Å²) in [5.74, 6) is 0.600. The van der Waals surface area contributed by atoms with Crippen molar-refractivity contribution in [3.63, 3.8) is 0 Å². The van der Waals surface area contributed by atoms with Gasteiger partial charge < -0.3 is 5.32 Å². The fourth-order valence-corrected chi connectivity index (χ4v) is 2.50. The molecule has 0 aromatic heterocycles. The SMILES string of the molecule is CC(CNC1CC1)S(=O)(=O)NCC1CC1. The van der Waals surface area contributed by atoms with Crippen LogP contribution in [0.25, 0.3) is 0 Å². The maximum absolute atomic E-state index is 11.7. The maximum atomic E-state index is 11.7. The number of nitrogens with one attached hydrogen (secondary N) is 2. The third kappa shape index (κ3) is 3.74. The van der Waals surface area contributed by atoms with E-state index in [1.165, 1.54) is 25.7 Å². The van der Waals surface area contributed by atoms with Crippen LogP contribution in [0.5, 0.6) is 0 Å². The van der Waals surface area contributed by atoms with E-state index < -0.39 is 10.0 Å². The zero-order chi connectivity index (χ0) is 10.9. The quantitative estimate of drug-likeness (QED) is 0.670. The van der Waals surface area contributed by atoms with Gasteiger partial charge in [0.1, 0.15) is 0 Å². The Hall–Kier alpha value is -0.130. The second kappa shape index (κ2) is 4.39. The van der Waals surface area contributed by atoms with Crippen LogP contribution in [-0.4, -0.2) is 32.8 Å². The largest absolute Gasteiger partial charge is 0.313 e. The zero-order valence-corrected chi connectivity index (χ0v) is 10.0. The van der Waals surface area contributed by atoms with Crippen molar-refractivity contribution in [3.8, 4) is 0 Å². The Labute approximate surface area is 91.9 Å². The maximum Gasteiger partial charge on any atom is 0.215 e. The number of hydrogen-bond acceptors (Lipinski definition) is 3. The molecule has 0 aromatic carbocycles. The normalized spacial score (nSPS) is 24.1. The van der Waals surface area contributed by atoms with Crippen molar-refractivity contribution >= 4 is 10.0 Å². The molecule has 5 heteroatoms. The van der Waals surface area contributed by atoms with Crippen molar-refractivity contribution in [2.75, 3.05) is 13.1 Å². The van der Waals surface area contributed by atoms with Crippen LogP contribution in [0.15, 0.2) is 0 Å². The fourth-order valence-electron chi connectivity index (χ4n) is 1.43. The molecule has 2 aliphatic carbocycles. The third-order valence-electron chi connectivity index (χ3n) is 3.07. The van der Waals surface area contributed by atoms with Gasteiger partial charge in [-0.15, -0.1) is 0 Å². The summed E-state index contributed by atoms with van der Waals surface area (Å²) in [6.07, 6.45) is 4.75. The summed E-state index contributed by atoms with van der Waals surface area (Å²) >= 11 is 0. The molecule has 88 valence electrons. The van der Waals surface area contributed by atoms with E-state index in [1.54, 1.807) is 6.92 Å². The molecule has 2 saturated carbocycles. The van der Waals surface area contributed by atoms with Crippen molar-refractivity contribution in [1.29, 1.82) is 0 Å². The van der Waals surface area contributed by atoms with Gasteiger partial charge in [-0.3, -0.25) is 0 Å². The molecular formula is C10H20N2O2S. The summed E-state index contributed by atoms with van der Waals surface area (Å²) in [4.78, 5) is 0. The second-order valence-corrected chi connectivity index (χ2v) is 7.01. The van der Waals surface area contributed by atoms with E-state index in [2.05, 4.69) is 10.0 Å². The molecular weight excluding hydrogens is 212 g/mol. The molecule has 0 aliphatic heterocycles. The third-order valence-corrected chi connectivity index (χ3v) is 4.87. The highest BCUT2D eigenvalue weighted by molar-refractivity contribution is 7.90. The van der Waals surface area contributed by atoms with E-state index in [0.29, 0.717) is 25.0 Å². The predicted molar refractivity (Wildman–Crippen MR) is 60.1 cm³/mol. The molecule has 0 spiro atoms. The lowest BCUT2D eigenvalue weighted by Crippen LogP contribution is -2.40. The van der Waals surface area contributed by atoms with Crippen molar-refractivity contribution in [2.24, 2.45) is 5.92 Å². The number of hydrogen-bond donors (Lipinski definition) is 2. The average Bonchev–Trinajstić information content (AvgIpc) is 3.02. The Morgan fingerprint density at radius 3 is 2.47 bits per heavy atom. The minimum atomic E-state index is -3.10. The van der Waals surface area contributed by atoms with Crippen LogP contribution in [0.3, 0.4) is 0 Å². The van der Waals surface area contributed by atoms with Crippen LogP contribution in [-0.2, 0) is 10.0 Å². The minimum Gasteiger partial charge on any atom is -0.313 e. The minimum absolute atomic E-state index is 0.322. The van der Waals surface area contributed by atoms with Crippen LogP contribution in [0.1, 0.15) is 32.6 Å². The molecule has 2 N–H and O–H groups in total. The molecule has 1 atom stereocenters. The molecule has 2 aliphatic rings. The summed E-state index contributed by atoms with van der Waals surface area (Å²) in [6, 6.07) is 0.575. The first kappa shape index (κ1) is 11.4. The van der Waals surface area contributed by atoms with Gasteiger partial charge in [-0.05, 0) is 38.5 Å². The smallest absolute Gasteiger partial charge is 0.215 e. The van der Waals surface area contributed by atoms with Crippen molar-refractivity contribution in [3.05, 3.63) is 0 Å². The summed E-state index contributed by atoms with van der Waals surface area (Å²) in [7, 11) is -3.10. The summed E-state index contributed by atoms with van der Waals surface area (Å²) in [5, 5.41) is 2.92. The lowest BCUT2D eigenvalue weighted by atomic mass is 10.4. The van der Waals surface area contributed by atoms with Crippen LogP contribution in [0.2, 0.25) is 0 Å². The summed E-state index contributed by atoms with van der Waals surface area (Å²) in [5.41, 5.74) is 0. The standard InChI is InChI=1S/C10H20N2O2S/c1-8(6-11-10-4-5-10)15(13,14)12-7-9-2-3-9/h8-12H,2-7H2,1H3. The Balaban J connectivity index is 1.71. The van der Waals surface area contributed by atoms with Crippen LogP contribution in [0, 0.1) is 5.92 Å². The lowest BCUT2D eigenvalue weighted by molar-refractivity contribution is 0.554. The van der Waals surface area contributed by atoms with Crippen molar-refractivity contribution < 1.29 is 8.42 Å². The van der Waals surface area contributed by atoms with Gasteiger partial charge in [-0.2, -0.15) is 0 Å². The zero-order valence-electron chi connectivity index (χ0n) is 9.20. The molecule has 0 heterocycles. The molecule has 0 aromatic rings. The molecule has 2 fully saturated rings. The summed E-state index contributed by atoms with van der Waals surface area (Å²) in [6.45, 7) is 2.98. The highest BCUT2D eigenvalue weighted by Crippen LogP contribution is 2.27. The van der Waals surface area contributed by atoms with E-state index >= 15 is 0 Å². The molecule has 1 unspecified atom stereocenters. The van der Waals surface area contributed by atoms with E-state index in [-0.39, 0.29) is 5.25 Å². The first-order valence-corrected chi connectivity index (χ1v) is 7.34. The molecule has 0 radical (unpaired) electrons. The van der Waals surface area contributed by atoms with Gasteiger partial charge in [-0.25, -0.2) is 13.1 Å². The van der Waals surface area contributed by atoms with Gasteiger partial charge in [0.05, 0.1) is 5.25 Å². The Bertz CT molecular complexity index is 307. The van der Waals surface area contributed by atoms with Gasteiger partial charge in [-0.1, -0.05) is 0 Å². The van der Waals surface area contributed by atoms with Gasteiger partial charge in [0, 0.05) is 19.1 Å².